The van der Waals surface area contributed by atoms with Crippen LogP contribution in [0.15, 0.2) is 85.1 Å². The van der Waals surface area contributed by atoms with Crippen LogP contribution in [0.4, 0.5) is 0 Å². The van der Waals surface area contributed by atoms with Crippen LogP contribution in [0.25, 0.3) is 0 Å². The summed E-state index contributed by atoms with van der Waals surface area (Å²) >= 11 is 0. The van der Waals surface area contributed by atoms with Crippen LogP contribution in [0, 0.1) is 0 Å². The fourth-order valence-electron chi connectivity index (χ4n) is 10.2. The fraction of sp³-hybridized carbons (Fsp3) is 0.773. The lowest BCUT2D eigenvalue weighted by Crippen LogP contribution is -2.30. The number of esters is 3. The Labute approximate surface area is 503 Å². The van der Waals surface area contributed by atoms with Gasteiger partial charge in [-0.2, -0.15) is 0 Å². The standard InChI is InChI=1S/C75H132O6/c1-4-7-10-13-16-19-22-25-28-30-32-34-35-36-37-38-39-41-42-44-47-50-53-56-59-62-65-68-74(77)80-71-72(70-79-73(76)67-64-61-58-55-52-49-46-27-24-21-18-15-12-9-6-3)81-75(78)69-66-63-60-57-54-51-48-45-43-40-33-31-29-26-23-20-17-14-11-8-5-2/h9,12,18,21,23,26-27,31,33,46,52,55,61,64,72H,4-8,10-11,13-17,19-20,22,24-25,28-30,32,34-45,47-51,53-54,56-60,62-63,65-71H2,1-3H3/b12-9-,21-18-,26-23-,33-31-,46-27-,55-52-,64-61-. The van der Waals surface area contributed by atoms with Crippen LogP contribution in [0.5, 0.6) is 0 Å². The number of allylic oxidation sites excluding steroid dienone is 13. The Kier molecular flexibility index (Phi) is 66.2. The van der Waals surface area contributed by atoms with Crippen molar-refractivity contribution >= 4 is 17.9 Å². The van der Waals surface area contributed by atoms with Gasteiger partial charge in [0.05, 0.1) is 6.42 Å². The van der Waals surface area contributed by atoms with E-state index in [0.29, 0.717) is 12.8 Å². The molecule has 0 aliphatic rings. The molecule has 0 N–H and O–H groups in total. The largest absolute Gasteiger partial charge is 0.462 e. The van der Waals surface area contributed by atoms with Crippen LogP contribution >= 0.6 is 0 Å². The highest BCUT2D eigenvalue weighted by Gasteiger charge is 2.19. The first-order valence-electron chi connectivity index (χ1n) is 35.1. The van der Waals surface area contributed by atoms with Crippen LogP contribution in [0.1, 0.15) is 355 Å². The summed E-state index contributed by atoms with van der Waals surface area (Å²) in [5.74, 6) is -1.03. The van der Waals surface area contributed by atoms with Crippen LogP contribution in [-0.4, -0.2) is 37.2 Å². The Morgan fingerprint density at radius 1 is 0.272 bits per heavy atom. The van der Waals surface area contributed by atoms with Crippen LogP contribution < -0.4 is 0 Å². The third-order valence-corrected chi connectivity index (χ3v) is 15.4. The molecule has 0 heterocycles. The molecule has 0 bridgehead atoms. The van der Waals surface area contributed by atoms with Gasteiger partial charge in [-0.3, -0.25) is 14.4 Å². The maximum Gasteiger partial charge on any atom is 0.309 e. The van der Waals surface area contributed by atoms with Crippen LogP contribution in [0.2, 0.25) is 0 Å². The van der Waals surface area contributed by atoms with E-state index in [1.807, 2.05) is 6.08 Å². The number of hydrogen-bond donors (Lipinski definition) is 0. The third kappa shape index (κ3) is 67.3. The van der Waals surface area contributed by atoms with Gasteiger partial charge < -0.3 is 14.2 Å². The third-order valence-electron chi connectivity index (χ3n) is 15.4. The number of ether oxygens (including phenoxy) is 3. The summed E-state index contributed by atoms with van der Waals surface area (Å²) in [6.07, 6.45) is 92.2. The number of hydrogen-bond acceptors (Lipinski definition) is 6. The van der Waals surface area contributed by atoms with Gasteiger partial charge in [0, 0.05) is 12.8 Å². The van der Waals surface area contributed by atoms with E-state index in [-0.39, 0.29) is 31.6 Å². The van der Waals surface area contributed by atoms with Gasteiger partial charge in [-0.1, -0.05) is 343 Å². The van der Waals surface area contributed by atoms with Gasteiger partial charge in [-0.15, -0.1) is 0 Å². The molecule has 0 aliphatic carbocycles. The highest BCUT2D eigenvalue weighted by molar-refractivity contribution is 5.72. The molecule has 6 heteroatoms. The van der Waals surface area contributed by atoms with E-state index < -0.39 is 12.1 Å². The summed E-state index contributed by atoms with van der Waals surface area (Å²) in [7, 11) is 0. The maximum absolute atomic E-state index is 12.9. The molecule has 0 fully saturated rings. The highest BCUT2D eigenvalue weighted by Crippen LogP contribution is 2.18. The van der Waals surface area contributed by atoms with Gasteiger partial charge in [0.15, 0.2) is 6.10 Å². The van der Waals surface area contributed by atoms with Crippen molar-refractivity contribution in [3.63, 3.8) is 0 Å². The Balaban J connectivity index is 4.33. The summed E-state index contributed by atoms with van der Waals surface area (Å²) in [6, 6.07) is 0. The van der Waals surface area contributed by atoms with E-state index in [2.05, 4.69) is 93.7 Å². The maximum atomic E-state index is 12.9. The predicted molar refractivity (Wildman–Crippen MR) is 353 cm³/mol. The van der Waals surface area contributed by atoms with Gasteiger partial charge in [0.1, 0.15) is 13.2 Å². The molecule has 0 saturated carbocycles. The van der Waals surface area contributed by atoms with E-state index in [9.17, 15) is 14.4 Å². The molecule has 1 atom stereocenters. The number of carbonyl (C=O) groups is 3. The van der Waals surface area contributed by atoms with Gasteiger partial charge in [0.2, 0.25) is 0 Å². The van der Waals surface area contributed by atoms with Crippen molar-refractivity contribution in [3.05, 3.63) is 85.1 Å². The molecule has 1 unspecified atom stereocenters. The molecule has 468 valence electrons. The van der Waals surface area contributed by atoms with E-state index in [0.717, 1.165) is 77.0 Å². The lowest BCUT2D eigenvalue weighted by molar-refractivity contribution is -0.166. The lowest BCUT2D eigenvalue weighted by atomic mass is 10.0. The van der Waals surface area contributed by atoms with Crippen molar-refractivity contribution in [1.82, 2.24) is 0 Å². The predicted octanol–water partition coefficient (Wildman–Crippen LogP) is 24.2. The molecule has 6 nitrogen and oxygen atoms in total. The molecule has 0 spiro atoms. The summed E-state index contributed by atoms with van der Waals surface area (Å²) in [5.41, 5.74) is 0. The Hall–Kier alpha value is -3.41. The Morgan fingerprint density at radius 2 is 0.531 bits per heavy atom. The number of rotatable bonds is 64. The Morgan fingerprint density at radius 3 is 0.864 bits per heavy atom. The summed E-state index contributed by atoms with van der Waals surface area (Å²) in [5, 5.41) is 0. The first-order chi connectivity index (χ1) is 40.0. The van der Waals surface area contributed by atoms with Crippen molar-refractivity contribution in [1.29, 1.82) is 0 Å². The minimum atomic E-state index is -0.820. The zero-order valence-corrected chi connectivity index (χ0v) is 53.8. The SMILES string of the molecule is CC/C=C\C/C=C\C/C=C\C/C=C\C/C=C\CC(=O)OCC(COC(=O)CCCCCCCCCCCCCCCCCCCCCCCCCCCCC)OC(=O)CCCCCCCCCCC/C=C\C/C=C\CCCCCCC. The van der Waals surface area contributed by atoms with Gasteiger partial charge >= 0.3 is 17.9 Å². The van der Waals surface area contributed by atoms with Crippen molar-refractivity contribution in [3.8, 4) is 0 Å². The molecule has 0 aromatic rings. The molecule has 0 aliphatic heterocycles. The van der Waals surface area contributed by atoms with E-state index in [1.54, 1.807) is 6.08 Å². The van der Waals surface area contributed by atoms with Crippen LogP contribution in [0.3, 0.4) is 0 Å². The average molecular weight is 1130 g/mol. The normalized spacial score (nSPS) is 12.6. The second kappa shape index (κ2) is 69.1. The molecule has 0 aromatic heterocycles. The first kappa shape index (κ1) is 77.6. The van der Waals surface area contributed by atoms with Crippen molar-refractivity contribution in [2.45, 2.75) is 361 Å². The second-order valence-electron chi connectivity index (χ2n) is 23.4. The van der Waals surface area contributed by atoms with E-state index >= 15 is 0 Å². The average Bonchev–Trinajstić information content (AvgIpc) is 3.47. The summed E-state index contributed by atoms with van der Waals surface area (Å²) in [4.78, 5) is 38.3. The van der Waals surface area contributed by atoms with Crippen LogP contribution in [-0.2, 0) is 28.6 Å². The van der Waals surface area contributed by atoms with Crippen molar-refractivity contribution in [2.24, 2.45) is 0 Å². The zero-order valence-electron chi connectivity index (χ0n) is 53.8. The smallest absolute Gasteiger partial charge is 0.309 e. The summed E-state index contributed by atoms with van der Waals surface area (Å²) in [6.45, 7) is 6.48. The molecule has 0 rings (SSSR count). The van der Waals surface area contributed by atoms with Gasteiger partial charge in [-0.05, 0) is 77.0 Å². The fourth-order valence-corrected chi connectivity index (χ4v) is 10.2. The Bertz CT molecular complexity index is 1530. The van der Waals surface area contributed by atoms with Crippen molar-refractivity contribution < 1.29 is 28.6 Å². The first-order valence-corrected chi connectivity index (χ1v) is 35.1. The molecule has 81 heavy (non-hydrogen) atoms. The second-order valence-corrected chi connectivity index (χ2v) is 23.4. The summed E-state index contributed by atoms with van der Waals surface area (Å²) < 4.78 is 16.9. The number of carbonyl (C=O) groups excluding carboxylic acids is 3. The lowest BCUT2D eigenvalue weighted by Gasteiger charge is -2.18. The monoisotopic (exact) mass is 1130 g/mol. The molecule has 0 saturated heterocycles. The van der Waals surface area contributed by atoms with Gasteiger partial charge in [-0.25, -0.2) is 0 Å². The molecular formula is C75H132O6. The molecular weight excluding hydrogens is 997 g/mol. The van der Waals surface area contributed by atoms with Crippen molar-refractivity contribution in [2.75, 3.05) is 13.2 Å². The van der Waals surface area contributed by atoms with E-state index in [1.165, 1.54) is 238 Å². The number of unbranched alkanes of at least 4 members (excludes halogenated alkanes) is 40. The molecule has 0 aromatic carbocycles. The molecule has 0 radical (unpaired) electrons. The molecule has 0 amide bonds. The minimum Gasteiger partial charge on any atom is -0.462 e. The quantitative estimate of drug-likeness (QED) is 0.0261. The van der Waals surface area contributed by atoms with E-state index in [4.69, 9.17) is 14.2 Å². The topological polar surface area (TPSA) is 78.9 Å². The van der Waals surface area contributed by atoms with Gasteiger partial charge in [0.25, 0.3) is 0 Å². The zero-order chi connectivity index (χ0) is 58.5. The minimum absolute atomic E-state index is 0.105. The highest BCUT2D eigenvalue weighted by atomic mass is 16.6.